The number of anilines is 2. The molecule has 0 aliphatic carbocycles. The maximum Gasteiger partial charge on any atom is 0.407 e. The number of nitrogens with two attached hydrogens (primary N) is 1. The van der Waals surface area contributed by atoms with Gasteiger partial charge in [0.1, 0.15) is 5.75 Å². The lowest BCUT2D eigenvalue weighted by atomic mass is 10.1. The van der Waals surface area contributed by atoms with E-state index >= 15 is 0 Å². The SMILES string of the molecule is CN(Cc1cc(N)ccc1Oc1cnc(NC(=O)c2ccc(-n3cc(CN4CCC(O)CC4)c4ccccc43)cc2)s1)C(=O)O. The van der Waals surface area contributed by atoms with Crippen LogP contribution in [0.2, 0.25) is 0 Å². The Balaban J connectivity index is 1.13. The van der Waals surface area contributed by atoms with Crippen molar-refractivity contribution in [2.45, 2.75) is 32.0 Å². The van der Waals surface area contributed by atoms with Gasteiger partial charge in [0, 0.05) is 60.8 Å². The molecule has 3 heterocycles. The van der Waals surface area contributed by atoms with Crippen molar-refractivity contribution in [2.24, 2.45) is 0 Å². The Bertz CT molecular complexity index is 1830. The van der Waals surface area contributed by atoms with E-state index in [1.54, 1.807) is 30.3 Å². The summed E-state index contributed by atoms with van der Waals surface area (Å²) in [5.74, 6) is 0.147. The van der Waals surface area contributed by atoms with Crippen LogP contribution in [0.5, 0.6) is 10.8 Å². The quantitative estimate of drug-likeness (QED) is 0.151. The zero-order chi connectivity index (χ0) is 31.5. The Morgan fingerprint density at radius 1 is 1.09 bits per heavy atom. The van der Waals surface area contributed by atoms with Crippen molar-refractivity contribution >= 4 is 45.1 Å². The second-order valence-electron chi connectivity index (χ2n) is 11.1. The van der Waals surface area contributed by atoms with Gasteiger partial charge in [-0.05, 0) is 66.9 Å². The lowest BCUT2D eigenvalue weighted by Crippen LogP contribution is -2.35. The average Bonchev–Trinajstić information content (AvgIpc) is 3.63. The molecular weight excluding hydrogens is 592 g/mol. The maximum absolute atomic E-state index is 13.1. The number of rotatable bonds is 9. The average molecular weight is 627 g/mol. The number of carbonyl (C=O) groups excluding carboxylic acids is 1. The van der Waals surface area contributed by atoms with E-state index in [1.807, 2.05) is 24.3 Å². The van der Waals surface area contributed by atoms with Gasteiger partial charge in [-0.2, -0.15) is 0 Å². The van der Waals surface area contributed by atoms with E-state index in [1.165, 1.54) is 24.2 Å². The van der Waals surface area contributed by atoms with Crippen LogP contribution in [0, 0.1) is 0 Å². The molecule has 12 heteroatoms. The van der Waals surface area contributed by atoms with Crippen LogP contribution in [0.4, 0.5) is 15.6 Å². The van der Waals surface area contributed by atoms with Crippen LogP contribution in [-0.4, -0.2) is 67.8 Å². The van der Waals surface area contributed by atoms with Crippen molar-refractivity contribution in [3.63, 3.8) is 0 Å². The van der Waals surface area contributed by atoms with Crippen LogP contribution >= 0.6 is 11.3 Å². The second-order valence-corrected chi connectivity index (χ2v) is 12.1. The van der Waals surface area contributed by atoms with Gasteiger partial charge in [-0.1, -0.05) is 29.5 Å². The molecule has 0 unspecified atom stereocenters. The molecule has 2 aromatic heterocycles. The van der Waals surface area contributed by atoms with Crippen LogP contribution in [0.15, 0.2) is 79.1 Å². The number of piperidine rings is 1. The molecule has 1 aliphatic heterocycles. The van der Waals surface area contributed by atoms with Gasteiger partial charge in [0.15, 0.2) is 5.13 Å². The Labute approximate surface area is 264 Å². The summed E-state index contributed by atoms with van der Waals surface area (Å²) < 4.78 is 8.13. The van der Waals surface area contributed by atoms with Gasteiger partial charge in [0.2, 0.25) is 5.06 Å². The summed E-state index contributed by atoms with van der Waals surface area (Å²) in [5, 5.41) is 23.9. The highest BCUT2D eigenvalue weighted by atomic mass is 32.1. The van der Waals surface area contributed by atoms with Gasteiger partial charge < -0.3 is 30.2 Å². The number of aromatic nitrogens is 2. The van der Waals surface area contributed by atoms with Crippen molar-refractivity contribution in [3.8, 4) is 16.5 Å². The molecule has 5 N–H and O–H groups in total. The standard InChI is InChI=1S/C33H34N6O5S/c1-37(33(42)43)18-22-16-24(34)8-11-29(22)44-30-17-35-32(45-30)36-31(41)21-6-9-25(10-7-21)39-20-23(27-4-2-3-5-28(27)39)19-38-14-12-26(40)13-15-38/h2-11,16-17,20,26,40H,12-15,18-19,34H2,1H3,(H,42,43)(H,35,36,41). The van der Waals surface area contributed by atoms with Crippen molar-refractivity contribution in [2.75, 3.05) is 31.2 Å². The molecule has 0 saturated carbocycles. The fraction of sp³-hybridized carbons (Fsp3) is 0.242. The van der Waals surface area contributed by atoms with Gasteiger partial charge in [-0.25, -0.2) is 9.78 Å². The number of nitrogen functional groups attached to an aromatic ring is 1. The van der Waals surface area contributed by atoms with Crippen LogP contribution in [0.1, 0.15) is 34.3 Å². The van der Waals surface area contributed by atoms with Crippen LogP contribution in [0.25, 0.3) is 16.6 Å². The molecule has 1 saturated heterocycles. The summed E-state index contributed by atoms with van der Waals surface area (Å²) in [6.45, 7) is 2.67. The molecule has 11 nitrogen and oxygen atoms in total. The highest BCUT2D eigenvalue weighted by Gasteiger charge is 2.20. The highest BCUT2D eigenvalue weighted by molar-refractivity contribution is 7.17. The van der Waals surface area contributed by atoms with Crippen LogP contribution < -0.4 is 15.8 Å². The third kappa shape index (κ3) is 6.93. The molecule has 0 bridgehead atoms. The smallest absolute Gasteiger partial charge is 0.407 e. The van der Waals surface area contributed by atoms with Crippen molar-refractivity contribution in [1.29, 1.82) is 0 Å². The number of ether oxygens (including phenoxy) is 1. The van der Waals surface area contributed by atoms with Gasteiger partial charge in [0.05, 0.1) is 24.4 Å². The summed E-state index contributed by atoms with van der Waals surface area (Å²) in [6, 6.07) is 20.7. The number of likely N-dealkylation sites (tertiary alicyclic amines) is 1. The summed E-state index contributed by atoms with van der Waals surface area (Å²) in [5.41, 5.74) is 10.7. The largest absolute Gasteiger partial charge is 0.465 e. The number of thiazole rings is 1. The molecule has 0 spiro atoms. The van der Waals surface area contributed by atoms with Gasteiger partial charge >= 0.3 is 6.09 Å². The monoisotopic (exact) mass is 626 g/mol. The zero-order valence-electron chi connectivity index (χ0n) is 24.7. The third-order valence-corrected chi connectivity index (χ3v) is 8.68. The number of hydrogen-bond acceptors (Lipinski definition) is 8. The number of nitrogens with zero attached hydrogens (tertiary/aromatic N) is 4. The molecule has 1 fully saturated rings. The predicted octanol–water partition coefficient (Wildman–Crippen LogP) is 5.78. The summed E-state index contributed by atoms with van der Waals surface area (Å²) in [4.78, 5) is 32.2. The molecule has 0 atom stereocenters. The third-order valence-electron chi connectivity index (χ3n) is 7.89. The molecule has 3 aromatic carbocycles. The number of hydrogen-bond donors (Lipinski definition) is 4. The molecule has 232 valence electrons. The molecule has 1 aliphatic rings. The Kier molecular flexibility index (Phi) is 8.69. The first kappa shape index (κ1) is 30.1. The predicted molar refractivity (Wildman–Crippen MR) is 174 cm³/mol. The number of carboxylic acid groups (broad SMARTS) is 1. The molecule has 6 rings (SSSR count). The highest BCUT2D eigenvalue weighted by Crippen LogP contribution is 2.34. The first-order valence-electron chi connectivity index (χ1n) is 14.6. The minimum absolute atomic E-state index is 0.0949. The maximum atomic E-state index is 13.1. The number of fused-ring (bicyclic) bond motifs is 1. The summed E-state index contributed by atoms with van der Waals surface area (Å²) in [6.07, 6.45) is 3.99. The number of para-hydroxylation sites is 1. The Hall–Kier alpha value is -4.91. The number of aliphatic hydroxyl groups excluding tert-OH is 1. The topological polar surface area (TPSA) is 146 Å². The lowest BCUT2D eigenvalue weighted by Gasteiger charge is -2.29. The zero-order valence-corrected chi connectivity index (χ0v) is 25.5. The fourth-order valence-corrected chi connectivity index (χ4v) is 6.15. The van der Waals surface area contributed by atoms with Crippen LogP contribution in [-0.2, 0) is 13.1 Å². The van der Waals surface area contributed by atoms with E-state index in [0.29, 0.717) is 32.8 Å². The van der Waals surface area contributed by atoms with E-state index in [0.717, 1.165) is 59.9 Å². The summed E-state index contributed by atoms with van der Waals surface area (Å²) >= 11 is 1.16. The van der Waals surface area contributed by atoms with E-state index < -0.39 is 6.09 Å². The van der Waals surface area contributed by atoms with Gasteiger partial charge in [0.25, 0.3) is 5.91 Å². The van der Waals surface area contributed by atoms with Crippen molar-refractivity contribution in [1.82, 2.24) is 19.4 Å². The fourth-order valence-electron chi connectivity index (χ4n) is 5.47. The van der Waals surface area contributed by atoms with Gasteiger partial charge in [-0.15, -0.1) is 0 Å². The van der Waals surface area contributed by atoms with Crippen molar-refractivity contribution in [3.05, 3.63) is 95.8 Å². The van der Waals surface area contributed by atoms with E-state index in [4.69, 9.17) is 10.5 Å². The lowest BCUT2D eigenvalue weighted by molar-refractivity contribution is 0.0794. The molecule has 0 radical (unpaired) electrons. The normalized spacial score (nSPS) is 14.0. The molecule has 5 aromatic rings. The number of nitrogens with one attached hydrogen (secondary N) is 1. The first-order chi connectivity index (χ1) is 21.7. The van der Waals surface area contributed by atoms with E-state index in [-0.39, 0.29) is 18.6 Å². The molecular formula is C33H34N6O5S. The van der Waals surface area contributed by atoms with Gasteiger partial charge in [-0.3, -0.25) is 15.0 Å². The van der Waals surface area contributed by atoms with Crippen LogP contribution in [0.3, 0.4) is 0 Å². The number of aliphatic hydroxyl groups is 1. The number of carbonyl (C=O) groups is 2. The van der Waals surface area contributed by atoms with E-state index in [9.17, 15) is 19.8 Å². The minimum atomic E-state index is -1.07. The van der Waals surface area contributed by atoms with Crippen molar-refractivity contribution < 1.29 is 24.5 Å². The second kappa shape index (κ2) is 13.0. The minimum Gasteiger partial charge on any atom is -0.465 e. The molecule has 45 heavy (non-hydrogen) atoms. The summed E-state index contributed by atoms with van der Waals surface area (Å²) in [7, 11) is 1.46. The van der Waals surface area contributed by atoms with E-state index in [2.05, 4.69) is 38.1 Å². The molecule has 2 amide bonds. The first-order valence-corrected chi connectivity index (χ1v) is 15.4. The Morgan fingerprint density at radius 3 is 2.60 bits per heavy atom. The Morgan fingerprint density at radius 2 is 1.84 bits per heavy atom. The number of amides is 2. The number of benzene rings is 3.